The van der Waals surface area contributed by atoms with Gasteiger partial charge in [0.05, 0.1) is 0 Å². The molecule has 19 heavy (non-hydrogen) atoms. The highest BCUT2D eigenvalue weighted by Crippen LogP contribution is 2.04. The maximum atomic E-state index is 7.13. The van der Waals surface area contributed by atoms with Gasteiger partial charge < -0.3 is 10.7 Å². The zero-order chi connectivity index (χ0) is 13.9. The van der Waals surface area contributed by atoms with Crippen molar-refractivity contribution in [3.63, 3.8) is 0 Å². The molecule has 1 aromatic carbocycles. The second kappa shape index (κ2) is 8.84. The van der Waals surface area contributed by atoms with Crippen molar-refractivity contribution >= 4 is 12.3 Å². The fourth-order valence-electron chi connectivity index (χ4n) is 1.55. The zero-order valence-corrected chi connectivity index (χ0v) is 11.1. The summed E-state index contributed by atoms with van der Waals surface area (Å²) in [5.41, 5.74) is 3.18. The lowest BCUT2D eigenvalue weighted by Crippen LogP contribution is -2.16. The van der Waals surface area contributed by atoms with Crippen molar-refractivity contribution in [1.82, 2.24) is 5.32 Å². The average Bonchev–Trinajstić information content (AvgIpc) is 2.46. The van der Waals surface area contributed by atoms with Gasteiger partial charge in [0.25, 0.3) is 0 Å². The smallest absolute Gasteiger partial charge is 0.0250 e. The molecule has 0 aliphatic carbocycles. The molecule has 2 N–H and O–H groups in total. The summed E-state index contributed by atoms with van der Waals surface area (Å²) in [4.78, 5) is 0. The van der Waals surface area contributed by atoms with Crippen molar-refractivity contribution in [2.45, 2.75) is 0 Å². The van der Waals surface area contributed by atoms with E-state index in [9.17, 15) is 0 Å². The van der Waals surface area contributed by atoms with Gasteiger partial charge in [0.15, 0.2) is 0 Å². The first-order valence-electron chi connectivity index (χ1n) is 6.22. The first kappa shape index (κ1) is 14.9. The predicted molar refractivity (Wildman–Crippen MR) is 84.7 cm³/mol. The minimum atomic E-state index is 0.784. The highest BCUT2D eigenvalue weighted by molar-refractivity contribution is 5.77. The van der Waals surface area contributed by atoms with E-state index in [1.54, 1.807) is 6.08 Å². The lowest BCUT2D eigenvalue weighted by atomic mass is 10.1. The van der Waals surface area contributed by atoms with E-state index < -0.39 is 0 Å². The molecule has 0 radical (unpaired) electrons. The molecule has 0 saturated heterocycles. The molecule has 1 rings (SSSR count). The Balaban J connectivity index is 2.37. The van der Waals surface area contributed by atoms with Crippen LogP contribution in [0.3, 0.4) is 0 Å². The molecule has 0 saturated carbocycles. The van der Waals surface area contributed by atoms with E-state index in [1.165, 1.54) is 6.21 Å². The Hall–Kier alpha value is -2.19. The van der Waals surface area contributed by atoms with Crippen LogP contribution >= 0.6 is 0 Å². The van der Waals surface area contributed by atoms with E-state index in [0.717, 1.165) is 29.8 Å². The summed E-state index contributed by atoms with van der Waals surface area (Å²) in [6.07, 6.45) is 11.0. The van der Waals surface area contributed by atoms with Gasteiger partial charge in [-0.05, 0) is 16.7 Å². The zero-order valence-electron chi connectivity index (χ0n) is 11.1. The standard InChI is InChI=1S/C17H20N2/c1-3-6-15(4-2)14-19-12-5-7-16-8-10-17(13-18)11-9-16/h3-11,13,18-19H,1-2,12,14H2/b7-5+,15-6+,18-13?. The minimum Gasteiger partial charge on any atom is -0.309 e. The SMILES string of the molecule is C=C/C=C(\C=C)CNC/C=C/c1ccc(C=N)cc1. The first-order valence-corrected chi connectivity index (χ1v) is 6.22. The molecule has 98 valence electrons. The monoisotopic (exact) mass is 252 g/mol. The third-order valence-corrected chi connectivity index (χ3v) is 2.60. The maximum absolute atomic E-state index is 7.13. The van der Waals surface area contributed by atoms with Crippen LogP contribution in [0.1, 0.15) is 11.1 Å². The molecule has 1 aromatic rings. The molecule has 0 spiro atoms. The molecular formula is C17H20N2. The van der Waals surface area contributed by atoms with Crippen LogP contribution in [0.15, 0.2) is 67.3 Å². The van der Waals surface area contributed by atoms with E-state index in [4.69, 9.17) is 5.41 Å². The summed E-state index contributed by atoms with van der Waals surface area (Å²) < 4.78 is 0. The fraction of sp³-hybridized carbons (Fsp3) is 0.118. The van der Waals surface area contributed by atoms with E-state index in [0.29, 0.717) is 0 Å². The molecule has 2 nitrogen and oxygen atoms in total. The molecule has 0 aliphatic heterocycles. The molecule has 0 aliphatic rings. The van der Waals surface area contributed by atoms with Crippen molar-refractivity contribution in [2.75, 3.05) is 13.1 Å². The van der Waals surface area contributed by atoms with Crippen LogP contribution in [0.4, 0.5) is 0 Å². The number of rotatable bonds is 8. The number of allylic oxidation sites excluding steroid dienone is 2. The van der Waals surface area contributed by atoms with Gasteiger partial charge in [-0.25, -0.2) is 0 Å². The average molecular weight is 252 g/mol. The number of nitrogens with one attached hydrogen (secondary N) is 2. The highest BCUT2D eigenvalue weighted by Gasteiger charge is 1.89. The molecular weight excluding hydrogens is 232 g/mol. The van der Waals surface area contributed by atoms with Crippen molar-refractivity contribution in [2.24, 2.45) is 0 Å². The Morgan fingerprint density at radius 3 is 2.42 bits per heavy atom. The van der Waals surface area contributed by atoms with Crippen molar-refractivity contribution in [3.05, 3.63) is 78.4 Å². The van der Waals surface area contributed by atoms with Crippen molar-refractivity contribution in [1.29, 1.82) is 5.41 Å². The number of benzene rings is 1. The van der Waals surface area contributed by atoms with Gasteiger partial charge >= 0.3 is 0 Å². The third-order valence-electron chi connectivity index (χ3n) is 2.60. The summed E-state index contributed by atoms with van der Waals surface area (Å²) in [6, 6.07) is 7.87. The lowest BCUT2D eigenvalue weighted by Gasteiger charge is -2.01. The lowest BCUT2D eigenvalue weighted by molar-refractivity contribution is 0.827. The van der Waals surface area contributed by atoms with Gasteiger partial charge in [-0.2, -0.15) is 0 Å². The molecule has 0 heterocycles. The predicted octanol–water partition coefficient (Wildman–Crippen LogP) is 3.59. The fourth-order valence-corrected chi connectivity index (χ4v) is 1.55. The number of hydrogen-bond donors (Lipinski definition) is 2. The van der Waals surface area contributed by atoms with E-state index >= 15 is 0 Å². The first-order chi connectivity index (χ1) is 9.30. The number of hydrogen-bond acceptors (Lipinski definition) is 2. The molecule has 0 aromatic heterocycles. The van der Waals surface area contributed by atoms with Gasteiger partial charge in [0, 0.05) is 19.3 Å². The topological polar surface area (TPSA) is 35.9 Å². The van der Waals surface area contributed by atoms with Crippen LogP contribution in [0.25, 0.3) is 6.08 Å². The Kier molecular flexibility index (Phi) is 6.92. The Morgan fingerprint density at radius 1 is 1.16 bits per heavy atom. The largest absolute Gasteiger partial charge is 0.309 e. The van der Waals surface area contributed by atoms with Crippen LogP contribution in [0.2, 0.25) is 0 Å². The van der Waals surface area contributed by atoms with Gasteiger partial charge in [-0.1, -0.05) is 67.8 Å². The second-order valence-electron chi connectivity index (χ2n) is 4.03. The van der Waals surface area contributed by atoms with Crippen LogP contribution in [-0.2, 0) is 0 Å². The summed E-state index contributed by atoms with van der Waals surface area (Å²) in [7, 11) is 0. The van der Waals surface area contributed by atoms with Crippen LogP contribution < -0.4 is 5.32 Å². The van der Waals surface area contributed by atoms with E-state index in [2.05, 4.69) is 30.6 Å². The Labute approximate surface area is 115 Å². The molecule has 0 fully saturated rings. The minimum absolute atomic E-state index is 0.784. The summed E-state index contributed by atoms with van der Waals surface area (Å²) in [5, 5.41) is 10.4. The van der Waals surface area contributed by atoms with Crippen molar-refractivity contribution in [3.8, 4) is 0 Å². The van der Waals surface area contributed by atoms with Crippen LogP contribution in [0, 0.1) is 5.41 Å². The Bertz CT molecular complexity index is 478. The van der Waals surface area contributed by atoms with Crippen molar-refractivity contribution < 1.29 is 0 Å². The molecule has 2 heteroatoms. The van der Waals surface area contributed by atoms with Gasteiger partial charge in [-0.3, -0.25) is 0 Å². The molecule has 0 unspecified atom stereocenters. The molecule has 0 atom stereocenters. The third kappa shape index (κ3) is 5.80. The van der Waals surface area contributed by atoms with E-state index in [-0.39, 0.29) is 0 Å². The Morgan fingerprint density at radius 2 is 1.84 bits per heavy atom. The quantitative estimate of drug-likeness (QED) is 0.414. The summed E-state index contributed by atoms with van der Waals surface area (Å²) in [5.74, 6) is 0. The van der Waals surface area contributed by atoms with Gasteiger partial charge in [-0.15, -0.1) is 0 Å². The van der Waals surface area contributed by atoms with Gasteiger partial charge in [0.2, 0.25) is 0 Å². The maximum Gasteiger partial charge on any atom is 0.0250 e. The molecule has 0 bridgehead atoms. The molecule has 0 amide bonds. The summed E-state index contributed by atoms with van der Waals surface area (Å²) >= 11 is 0. The highest BCUT2D eigenvalue weighted by atomic mass is 14.8. The van der Waals surface area contributed by atoms with E-state index in [1.807, 2.05) is 36.4 Å². The van der Waals surface area contributed by atoms with Gasteiger partial charge in [0.1, 0.15) is 0 Å². The van der Waals surface area contributed by atoms with Crippen LogP contribution in [-0.4, -0.2) is 19.3 Å². The summed E-state index contributed by atoms with van der Waals surface area (Å²) in [6.45, 7) is 9.00. The normalized spacial score (nSPS) is 11.5. The van der Waals surface area contributed by atoms with Crippen LogP contribution in [0.5, 0.6) is 0 Å². The second-order valence-corrected chi connectivity index (χ2v) is 4.03.